The first-order valence-electron chi connectivity index (χ1n) is 9.97. The Kier molecular flexibility index (Phi) is 6.88. The minimum absolute atomic E-state index is 0.00874. The predicted octanol–water partition coefficient (Wildman–Crippen LogP) is 4.78. The molecule has 0 radical (unpaired) electrons. The van der Waals surface area contributed by atoms with E-state index in [1.165, 1.54) is 11.3 Å². The van der Waals surface area contributed by atoms with Crippen molar-refractivity contribution in [3.05, 3.63) is 18.2 Å². The molecule has 0 bridgehead atoms. The molecule has 0 saturated heterocycles. The lowest BCUT2D eigenvalue weighted by Gasteiger charge is -2.31. The molecule has 6 nitrogen and oxygen atoms in total. The molecule has 28 heavy (non-hydrogen) atoms. The number of anilines is 1. The average Bonchev–Trinajstić information content (AvgIpc) is 3.05. The quantitative estimate of drug-likeness (QED) is 0.672. The van der Waals surface area contributed by atoms with Gasteiger partial charge in [0.25, 0.3) is 0 Å². The zero-order chi connectivity index (χ0) is 20.1. The van der Waals surface area contributed by atoms with Crippen LogP contribution in [0.1, 0.15) is 52.9 Å². The van der Waals surface area contributed by atoms with Crippen LogP contribution in [0.4, 0.5) is 5.13 Å². The molecule has 152 valence electrons. The molecule has 1 aromatic carbocycles. The van der Waals surface area contributed by atoms with Gasteiger partial charge < -0.3 is 14.8 Å². The minimum Gasteiger partial charge on any atom is -0.494 e. The maximum atomic E-state index is 12.2. The van der Waals surface area contributed by atoms with E-state index in [2.05, 4.69) is 24.1 Å². The molecule has 1 saturated carbocycles. The number of rotatable bonds is 7. The van der Waals surface area contributed by atoms with E-state index in [1.807, 2.05) is 25.1 Å². The number of carbonyl (C=O) groups is 2. The number of hydrogen-bond acceptors (Lipinski definition) is 6. The first-order valence-corrected chi connectivity index (χ1v) is 10.8. The van der Waals surface area contributed by atoms with Crippen molar-refractivity contribution in [2.45, 2.75) is 59.0 Å². The Bertz CT molecular complexity index is 835. The van der Waals surface area contributed by atoms with Crippen LogP contribution in [0.25, 0.3) is 10.2 Å². The average molecular weight is 405 g/mol. The van der Waals surface area contributed by atoms with E-state index >= 15 is 0 Å². The minimum atomic E-state index is -0.299. The molecule has 1 N–H and O–H groups in total. The fourth-order valence-corrected chi connectivity index (χ4v) is 4.37. The smallest absolute Gasteiger partial charge is 0.306 e. The van der Waals surface area contributed by atoms with Crippen LogP contribution in [0.5, 0.6) is 5.75 Å². The first kappa shape index (κ1) is 20.6. The fourth-order valence-electron chi connectivity index (χ4n) is 3.46. The maximum Gasteiger partial charge on any atom is 0.306 e. The van der Waals surface area contributed by atoms with Crippen LogP contribution < -0.4 is 10.1 Å². The highest BCUT2D eigenvalue weighted by molar-refractivity contribution is 7.22. The van der Waals surface area contributed by atoms with Crippen LogP contribution in [-0.4, -0.2) is 29.6 Å². The number of thiazole rings is 1. The van der Waals surface area contributed by atoms with Gasteiger partial charge in [0.1, 0.15) is 11.9 Å². The molecule has 1 fully saturated rings. The van der Waals surface area contributed by atoms with Crippen LogP contribution in [0.3, 0.4) is 0 Å². The van der Waals surface area contributed by atoms with Crippen molar-refractivity contribution in [2.75, 3.05) is 11.9 Å². The molecule has 0 spiro atoms. The van der Waals surface area contributed by atoms with Crippen molar-refractivity contribution < 1.29 is 19.1 Å². The molecule has 7 heteroatoms. The molecular formula is C21H28N2O4S. The van der Waals surface area contributed by atoms with Crippen molar-refractivity contribution in [3.8, 4) is 5.75 Å². The van der Waals surface area contributed by atoms with Gasteiger partial charge in [-0.25, -0.2) is 4.98 Å². The number of nitrogens with zero attached hydrogens (tertiary/aromatic N) is 1. The van der Waals surface area contributed by atoms with Crippen LogP contribution in [0.2, 0.25) is 0 Å². The number of carbonyl (C=O) groups excluding carboxylic acids is 2. The number of fused-ring (bicyclic) bond motifs is 1. The highest BCUT2D eigenvalue weighted by Gasteiger charge is 2.27. The summed E-state index contributed by atoms with van der Waals surface area (Å²) >= 11 is 1.39. The summed E-state index contributed by atoms with van der Waals surface area (Å²) in [5, 5.41) is 3.30. The summed E-state index contributed by atoms with van der Waals surface area (Å²) in [6, 6.07) is 5.64. The summed E-state index contributed by atoms with van der Waals surface area (Å²) in [5.74, 6) is 1.50. The van der Waals surface area contributed by atoms with Gasteiger partial charge in [-0.3, -0.25) is 9.59 Å². The van der Waals surface area contributed by atoms with Crippen LogP contribution >= 0.6 is 11.3 Å². The zero-order valence-electron chi connectivity index (χ0n) is 16.7. The van der Waals surface area contributed by atoms with E-state index < -0.39 is 0 Å². The normalized spacial score (nSPS) is 22.0. The number of ether oxygens (including phenoxy) is 2. The summed E-state index contributed by atoms with van der Waals surface area (Å²) in [7, 11) is 0. The van der Waals surface area contributed by atoms with E-state index in [9.17, 15) is 9.59 Å². The lowest BCUT2D eigenvalue weighted by Crippen LogP contribution is -2.29. The Morgan fingerprint density at radius 1 is 1.21 bits per heavy atom. The van der Waals surface area contributed by atoms with Gasteiger partial charge in [0.15, 0.2) is 5.13 Å². The van der Waals surface area contributed by atoms with Crippen LogP contribution in [0.15, 0.2) is 18.2 Å². The Hall–Kier alpha value is -2.15. The van der Waals surface area contributed by atoms with Crippen molar-refractivity contribution in [3.63, 3.8) is 0 Å². The SMILES string of the molecule is CCOc1ccc2nc(NC(=O)CCC(=O)O[C@@H]3CC[C@@H](C)[C@@H](C)C3)sc2c1. The highest BCUT2D eigenvalue weighted by atomic mass is 32.1. The Labute approximate surface area is 169 Å². The lowest BCUT2D eigenvalue weighted by molar-refractivity contribution is -0.152. The first-order chi connectivity index (χ1) is 13.4. The monoisotopic (exact) mass is 404 g/mol. The van der Waals surface area contributed by atoms with E-state index in [4.69, 9.17) is 9.47 Å². The maximum absolute atomic E-state index is 12.2. The van der Waals surface area contributed by atoms with E-state index in [0.717, 1.165) is 35.2 Å². The number of benzene rings is 1. The number of hydrogen-bond donors (Lipinski definition) is 1. The Balaban J connectivity index is 1.46. The second-order valence-corrected chi connectivity index (χ2v) is 8.54. The van der Waals surface area contributed by atoms with Gasteiger partial charge in [-0.15, -0.1) is 0 Å². The standard InChI is InChI=1S/C21H28N2O4S/c1-4-26-15-7-8-17-18(12-15)28-21(22-17)23-19(24)9-10-20(25)27-16-6-5-13(2)14(3)11-16/h7-8,12-14,16H,4-6,9-11H2,1-3H3,(H,22,23,24)/t13-,14+,16-/m1/s1. The summed E-state index contributed by atoms with van der Waals surface area (Å²) in [6.07, 6.45) is 3.09. The van der Waals surface area contributed by atoms with Gasteiger partial charge in [-0.2, -0.15) is 0 Å². The molecule has 1 aliphatic rings. The summed E-state index contributed by atoms with van der Waals surface area (Å²) in [4.78, 5) is 28.6. The molecule has 1 aromatic heterocycles. The molecule has 1 heterocycles. The molecule has 0 unspecified atom stereocenters. The van der Waals surface area contributed by atoms with Crippen LogP contribution in [0, 0.1) is 11.8 Å². The van der Waals surface area contributed by atoms with Crippen molar-refractivity contribution in [1.29, 1.82) is 0 Å². The molecular weight excluding hydrogens is 376 g/mol. The second-order valence-electron chi connectivity index (χ2n) is 7.51. The van der Waals surface area contributed by atoms with Crippen molar-refractivity contribution in [2.24, 2.45) is 11.8 Å². The number of amides is 1. The van der Waals surface area contributed by atoms with Gasteiger partial charge in [0.05, 0.1) is 23.2 Å². The molecule has 2 aromatic rings. The lowest BCUT2D eigenvalue weighted by atomic mass is 9.80. The van der Waals surface area contributed by atoms with E-state index in [-0.39, 0.29) is 30.8 Å². The van der Waals surface area contributed by atoms with Gasteiger partial charge in [-0.1, -0.05) is 25.2 Å². The van der Waals surface area contributed by atoms with E-state index in [0.29, 0.717) is 23.6 Å². The number of nitrogens with one attached hydrogen (secondary N) is 1. The van der Waals surface area contributed by atoms with Gasteiger partial charge in [0.2, 0.25) is 5.91 Å². The van der Waals surface area contributed by atoms with Gasteiger partial charge in [-0.05, 0) is 56.2 Å². The van der Waals surface area contributed by atoms with Gasteiger partial charge in [0, 0.05) is 6.42 Å². The number of esters is 1. The zero-order valence-corrected chi connectivity index (χ0v) is 17.5. The summed E-state index contributed by atoms with van der Waals surface area (Å²) in [6.45, 7) is 6.98. The summed E-state index contributed by atoms with van der Waals surface area (Å²) in [5.41, 5.74) is 0.809. The van der Waals surface area contributed by atoms with Crippen molar-refractivity contribution >= 4 is 38.6 Å². The third kappa shape index (κ3) is 5.44. The number of aromatic nitrogens is 1. The molecule has 3 rings (SSSR count). The fraction of sp³-hybridized carbons (Fsp3) is 0.571. The third-order valence-corrected chi connectivity index (χ3v) is 6.26. The van der Waals surface area contributed by atoms with Crippen molar-refractivity contribution in [1.82, 2.24) is 4.98 Å². The summed E-state index contributed by atoms with van der Waals surface area (Å²) < 4.78 is 12.0. The van der Waals surface area contributed by atoms with Gasteiger partial charge >= 0.3 is 5.97 Å². The van der Waals surface area contributed by atoms with E-state index in [1.54, 1.807) is 0 Å². The predicted molar refractivity (Wildman–Crippen MR) is 111 cm³/mol. The molecule has 0 aliphatic heterocycles. The van der Waals surface area contributed by atoms with Crippen LogP contribution in [-0.2, 0) is 14.3 Å². The molecule has 1 aliphatic carbocycles. The molecule has 3 atom stereocenters. The molecule has 1 amide bonds. The third-order valence-electron chi connectivity index (χ3n) is 5.32. The topological polar surface area (TPSA) is 77.5 Å². The largest absolute Gasteiger partial charge is 0.494 e. The Morgan fingerprint density at radius 2 is 2.04 bits per heavy atom. The highest BCUT2D eigenvalue weighted by Crippen LogP contribution is 2.31. The Morgan fingerprint density at radius 3 is 2.79 bits per heavy atom. The second kappa shape index (κ2) is 9.37.